The second kappa shape index (κ2) is 5.09. The van der Waals surface area contributed by atoms with Gasteiger partial charge in [-0.3, -0.25) is 4.98 Å². The summed E-state index contributed by atoms with van der Waals surface area (Å²) in [5.74, 6) is 0. The number of pyridine rings is 1. The SMILES string of the molecule is Cc1ccc(-c2cc(C(C)(C)C)c(C#N)c(C)n2)cc1. The summed E-state index contributed by atoms with van der Waals surface area (Å²) in [4.78, 5) is 4.60. The average Bonchev–Trinajstić information content (AvgIpc) is 2.37. The molecule has 20 heavy (non-hydrogen) atoms. The summed E-state index contributed by atoms with van der Waals surface area (Å²) in [6, 6.07) is 12.7. The van der Waals surface area contributed by atoms with Gasteiger partial charge in [0.2, 0.25) is 0 Å². The zero-order valence-electron chi connectivity index (χ0n) is 12.8. The van der Waals surface area contributed by atoms with Crippen molar-refractivity contribution in [2.24, 2.45) is 0 Å². The first kappa shape index (κ1) is 14.3. The van der Waals surface area contributed by atoms with E-state index in [0.717, 1.165) is 22.5 Å². The molecule has 102 valence electrons. The van der Waals surface area contributed by atoms with Gasteiger partial charge in [0.1, 0.15) is 6.07 Å². The molecular weight excluding hydrogens is 244 g/mol. The number of nitrogens with zero attached hydrogens (tertiary/aromatic N) is 2. The molecule has 1 heterocycles. The van der Waals surface area contributed by atoms with Crippen LogP contribution in [0.5, 0.6) is 0 Å². The minimum atomic E-state index is -0.0712. The molecule has 0 radical (unpaired) electrons. The molecule has 0 N–H and O–H groups in total. The minimum absolute atomic E-state index is 0.0712. The molecule has 0 aliphatic carbocycles. The molecule has 0 fully saturated rings. The summed E-state index contributed by atoms with van der Waals surface area (Å²) in [5.41, 5.74) is 5.75. The lowest BCUT2D eigenvalue weighted by molar-refractivity contribution is 0.587. The Bertz CT molecular complexity index is 668. The standard InChI is InChI=1S/C18H20N2/c1-12-6-8-14(9-7-12)17-10-16(18(3,4)5)15(11-19)13(2)20-17/h6-10H,1-5H3. The maximum Gasteiger partial charge on any atom is 0.101 e. The van der Waals surface area contributed by atoms with Gasteiger partial charge in [0, 0.05) is 5.56 Å². The third-order valence-corrected chi connectivity index (χ3v) is 3.47. The first-order valence-electron chi connectivity index (χ1n) is 6.82. The highest BCUT2D eigenvalue weighted by molar-refractivity contribution is 5.63. The Kier molecular flexibility index (Phi) is 3.63. The molecule has 2 aromatic rings. The van der Waals surface area contributed by atoms with E-state index in [-0.39, 0.29) is 5.41 Å². The second-order valence-electron chi connectivity index (χ2n) is 6.24. The van der Waals surface area contributed by atoms with Gasteiger partial charge in [-0.2, -0.15) is 5.26 Å². The van der Waals surface area contributed by atoms with Crippen molar-refractivity contribution in [2.45, 2.75) is 40.0 Å². The summed E-state index contributed by atoms with van der Waals surface area (Å²) >= 11 is 0. The molecule has 1 aromatic heterocycles. The number of hydrogen-bond donors (Lipinski definition) is 0. The van der Waals surface area contributed by atoms with Gasteiger partial charge in [-0.1, -0.05) is 50.6 Å². The van der Waals surface area contributed by atoms with Crippen molar-refractivity contribution in [3.8, 4) is 17.3 Å². The van der Waals surface area contributed by atoms with Gasteiger partial charge in [-0.15, -0.1) is 0 Å². The molecule has 0 aliphatic rings. The van der Waals surface area contributed by atoms with E-state index in [1.807, 2.05) is 6.92 Å². The van der Waals surface area contributed by atoms with E-state index in [4.69, 9.17) is 0 Å². The van der Waals surface area contributed by atoms with Gasteiger partial charge >= 0.3 is 0 Å². The number of aryl methyl sites for hydroxylation is 2. The summed E-state index contributed by atoms with van der Waals surface area (Å²) < 4.78 is 0. The molecule has 0 aliphatic heterocycles. The zero-order valence-corrected chi connectivity index (χ0v) is 12.8. The molecule has 0 atom stereocenters. The van der Waals surface area contributed by atoms with Crippen LogP contribution in [0.15, 0.2) is 30.3 Å². The molecular formula is C18H20N2. The highest BCUT2D eigenvalue weighted by atomic mass is 14.7. The van der Waals surface area contributed by atoms with E-state index >= 15 is 0 Å². The fourth-order valence-corrected chi connectivity index (χ4v) is 2.28. The maximum absolute atomic E-state index is 9.37. The Morgan fingerprint density at radius 1 is 1.05 bits per heavy atom. The van der Waals surface area contributed by atoms with E-state index in [2.05, 4.69) is 69.1 Å². The van der Waals surface area contributed by atoms with Gasteiger partial charge in [0.25, 0.3) is 0 Å². The predicted octanol–water partition coefficient (Wildman–Crippen LogP) is 4.53. The van der Waals surface area contributed by atoms with Crippen molar-refractivity contribution in [3.63, 3.8) is 0 Å². The van der Waals surface area contributed by atoms with Crippen molar-refractivity contribution < 1.29 is 0 Å². The van der Waals surface area contributed by atoms with Crippen molar-refractivity contribution in [2.75, 3.05) is 0 Å². The number of aromatic nitrogens is 1. The minimum Gasteiger partial charge on any atom is -0.252 e. The van der Waals surface area contributed by atoms with Crippen LogP contribution in [-0.2, 0) is 5.41 Å². The Morgan fingerprint density at radius 2 is 1.65 bits per heavy atom. The van der Waals surface area contributed by atoms with Crippen LogP contribution < -0.4 is 0 Å². The van der Waals surface area contributed by atoms with E-state index in [9.17, 15) is 5.26 Å². The first-order chi connectivity index (χ1) is 9.32. The van der Waals surface area contributed by atoms with Gasteiger partial charge in [0.15, 0.2) is 0 Å². The number of hydrogen-bond acceptors (Lipinski definition) is 2. The molecule has 0 unspecified atom stereocenters. The van der Waals surface area contributed by atoms with Gasteiger partial charge in [-0.25, -0.2) is 0 Å². The Labute approximate surface area is 121 Å². The maximum atomic E-state index is 9.37. The van der Waals surface area contributed by atoms with Gasteiger partial charge < -0.3 is 0 Å². The lowest BCUT2D eigenvalue weighted by Gasteiger charge is -2.22. The van der Waals surface area contributed by atoms with Crippen LogP contribution in [0.25, 0.3) is 11.3 Å². The Balaban J connectivity index is 2.66. The van der Waals surface area contributed by atoms with Crippen LogP contribution in [0.2, 0.25) is 0 Å². The van der Waals surface area contributed by atoms with E-state index in [0.29, 0.717) is 5.56 Å². The molecule has 1 aromatic carbocycles. The average molecular weight is 264 g/mol. The highest BCUT2D eigenvalue weighted by Crippen LogP contribution is 2.30. The lowest BCUT2D eigenvalue weighted by atomic mass is 9.83. The summed E-state index contributed by atoms with van der Waals surface area (Å²) in [6.07, 6.45) is 0. The zero-order chi connectivity index (χ0) is 14.9. The Hall–Kier alpha value is -2.14. The third kappa shape index (κ3) is 2.72. The van der Waals surface area contributed by atoms with Crippen LogP contribution in [0.1, 0.15) is 43.2 Å². The van der Waals surface area contributed by atoms with Crippen LogP contribution >= 0.6 is 0 Å². The molecule has 2 heteroatoms. The van der Waals surface area contributed by atoms with Crippen molar-refractivity contribution in [1.29, 1.82) is 5.26 Å². The number of nitriles is 1. The largest absolute Gasteiger partial charge is 0.252 e. The molecule has 0 saturated carbocycles. The smallest absolute Gasteiger partial charge is 0.101 e. The predicted molar refractivity (Wildman–Crippen MR) is 82.6 cm³/mol. The fraction of sp³-hybridized carbons (Fsp3) is 0.333. The fourth-order valence-electron chi connectivity index (χ4n) is 2.28. The summed E-state index contributed by atoms with van der Waals surface area (Å²) in [5, 5.41) is 9.37. The van der Waals surface area contributed by atoms with Crippen molar-refractivity contribution in [3.05, 3.63) is 52.7 Å². The molecule has 0 saturated heterocycles. The van der Waals surface area contributed by atoms with E-state index in [1.165, 1.54) is 5.56 Å². The highest BCUT2D eigenvalue weighted by Gasteiger charge is 2.21. The lowest BCUT2D eigenvalue weighted by Crippen LogP contribution is -2.15. The summed E-state index contributed by atoms with van der Waals surface area (Å²) in [7, 11) is 0. The number of benzene rings is 1. The second-order valence-corrected chi connectivity index (χ2v) is 6.24. The molecule has 2 rings (SSSR count). The van der Waals surface area contributed by atoms with Crippen molar-refractivity contribution >= 4 is 0 Å². The van der Waals surface area contributed by atoms with Crippen LogP contribution in [0, 0.1) is 25.2 Å². The molecule has 0 bridgehead atoms. The third-order valence-electron chi connectivity index (χ3n) is 3.47. The van der Waals surface area contributed by atoms with Gasteiger partial charge in [0.05, 0.1) is 17.0 Å². The first-order valence-corrected chi connectivity index (χ1v) is 6.82. The molecule has 0 spiro atoms. The number of rotatable bonds is 1. The van der Waals surface area contributed by atoms with Crippen LogP contribution in [-0.4, -0.2) is 4.98 Å². The monoisotopic (exact) mass is 264 g/mol. The van der Waals surface area contributed by atoms with Crippen LogP contribution in [0.4, 0.5) is 0 Å². The quantitative estimate of drug-likeness (QED) is 0.758. The molecule has 2 nitrogen and oxygen atoms in total. The van der Waals surface area contributed by atoms with Crippen LogP contribution in [0.3, 0.4) is 0 Å². The molecule has 0 amide bonds. The van der Waals surface area contributed by atoms with E-state index in [1.54, 1.807) is 0 Å². The topological polar surface area (TPSA) is 36.7 Å². The van der Waals surface area contributed by atoms with Gasteiger partial charge in [-0.05, 0) is 30.9 Å². The van der Waals surface area contributed by atoms with Crippen molar-refractivity contribution in [1.82, 2.24) is 4.98 Å². The Morgan fingerprint density at radius 3 is 2.15 bits per heavy atom. The summed E-state index contributed by atoms with van der Waals surface area (Å²) in [6.45, 7) is 10.4. The van der Waals surface area contributed by atoms with E-state index < -0.39 is 0 Å². The normalized spacial score (nSPS) is 11.2.